The SMILES string of the molecule is Cl.NCC1CCCC1NC(=O)c1ncccc1O. The van der Waals surface area contributed by atoms with E-state index in [-0.39, 0.29) is 35.8 Å². The minimum atomic E-state index is -0.326. The van der Waals surface area contributed by atoms with Gasteiger partial charge in [0.1, 0.15) is 5.75 Å². The number of aromatic hydroxyl groups is 1. The molecule has 0 aliphatic heterocycles. The molecule has 0 aromatic carbocycles. The Balaban J connectivity index is 0.00000162. The fraction of sp³-hybridized carbons (Fsp3) is 0.500. The van der Waals surface area contributed by atoms with Gasteiger partial charge in [0.15, 0.2) is 5.69 Å². The van der Waals surface area contributed by atoms with Crippen LogP contribution in [0, 0.1) is 5.92 Å². The molecule has 0 bridgehead atoms. The molecule has 1 amide bonds. The van der Waals surface area contributed by atoms with Crippen LogP contribution in [0.5, 0.6) is 5.75 Å². The van der Waals surface area contributed by atoms with E-state index in [1.54, 1.807) is 6.07 Å². The van der Waals surface area contributed by atoms with Crippen molar-refractivity contribution in [1.29, 1.82) is 0 Å². The van der Waals surface area contributed by atoms with E-state index in [1.807, 2.05) is 0 Å². The van der Waals surface area contributed by atoms with Crippen LogP contribution in [0.15, 0.2) is 18.3 Å². The Hall–Kier alpha value is -1.33. The zero-order valence-corrected chi connectivity index (χ0v) is 10.8. The zero-order chi connectivity index (χ0) is 12.3. The predicted octanol–water partition coefficient (Wildman–Crippen LogP) is 1.07. The molecule has 1 heterocycles. The van der Waals surface area contributed by atoms with Crippen molar-refractivity contribution < 1.29 is 9.90 Å². The smallest absolute Gasteiger partial charge is 0.273 e. The molecule has 2 rings (SSSR count). The van der Waals surface area contributed by atoms with Crippen molar-refractivity contribution in [3.05, 3.63) is 24.0 Å². The van der Waals surface area contributed by atoms with Crippen LogP contribution in [0.25, 0.3) is 0 Å². The molecular formula is C12H18ClN3O2. The minimum absolute atomic E-state index is 0. The van der Waals surface area contributed by atoms with Crippen molar-refractivity contribution >= 4 is 18.3 Å². The summed E-state index contributed by atoms with van der Waals surface area (Å²) in [6.07, 6.45) is 4.57. The largest absolute Gasteiger partial charge is 0.505 e. The minimum Gasteiger partial charge on any atom is -0.505 e. The molecule has 5 nitrogen and oxygen atoms in total. The standard InChI is InChI=1S/C12H17N3O2.ClH/c13-7-8-3-1-4-9(8)15-12(17)11-10(16)5-2-6-14-11;/h2,5-6,8-9,16H,1,3-4,7,13H2,(H,15,17);1H. The van der Waals surface area contributed by atoms with E-state index in [1.165, 1.54) is 12.3 Å². The highest BCUT2D eigenvalue weighted by Gasteiger charge is 2.28. The van der Waals surface area contributed by atoms with E-state index in [4.69, 9.17) is 5.73 Å². The summed E-state index contributed by atoms with van der Waals surface area (Å²) in [6.45, 7) is 0.582. The predicted molar refractivity (Wildman–Crippen MR) is 70.8 cm³/mol. The maximum Gasteiger partial charge on any atom is 0.273 e. The third-order valence-corrected chi connectivity index (χ3v) is 3.28. The van der Waals surface area contributed by atoms with Gasteiger partial charge in [0.25, 0.3) is 5.91 Å². The first-order chi connectivity index (χ1) is 8.22. The number of halogens is 1. The van der Waals surface area contributed by atoms with Crippen LogP contribution in [-0.2, 0) is 0 Å². The quantitative estimate of drug-likeness (QED) is 0.767. The van der Waals surface area contributed by atoms with E-state index in [0.717, 1.165) is 19.3 Å². The maximum atomic E-state index is 11.9. The highest BCUT2D eigenvalue weighted by Crippen LogP contribution is 2.25. The molecule has 0 spiro atoms. The zero-order valence-electron chi connectivity index (χ0n) is 10.0. The summed E-state index contributed by atoms with van der Waals surface area (Å²) in [5, 5.41) is 12.4. The van der Waals surface area contributed by atoms with Crippen LogP contribution < -0.4 is 11.1 Å². The Morgan fingerprint density at radius 3 is 3.00 bits per heavy atom. The van der Waals surface area contributed by atoms with E-state index in [2.05, 4.69) is 10.3 Å². The van der Waals surface area contributed by atoms with Gasteiger partial charge in [-0.3, -0.25) is 4.79 Å². The Morgan fingerprint density at radius 1 is 1.56 bits per heavy atom. The van der Waals surface area contributed by atoms with E-state index in [9.17, 15) is 9.90 Å². The summed E-state index contributed by atoms with van der Waals surface area (Å²) >= 11 is 0. The van der Waals surface area contributed by atoms with Gasteiger partial charge in [0.05, 0.1) is 0 Å². The van der Waals surface area contributed by atoms with Crippen LogP contribution >= 0.6 is 12.4 Å². The number of hydrogen-bond acceptors (Lipinski definition) is 4. The Labute approximate surface area is 112 Å². The molecule has 0 saturated heterocycles. The molecule has 1 aliphatic rings. The summed E-state index contributed by atoms with van der Waals surface area (Å²) in [4.78, 5) is 15.8. The number of pyridine rings is 1. The lowest BCUT2D eigenvalue weighted by molar-refractivity contribution is 0.0920. The van der Waals surface area contributed by atoms with Crippen molar-refractivity contribution in [1.82, 2.24) is 10.3 Å². The van der Waals surface area contributed by atoms with Gasteiger partial charge in [-0.15, -0.1) is 12.4 Å². The highest BCUT2D eigenvalue weighted by molar-refractivity contribution is 5.94. The van der Waals surface area contributed by atoms with Crippen LogP contribution in [0.2, 0.25) is 0 Å². The van der Waals surface area contributed by atoms with Gasteiger partial charge in [0.2, 0.25) is 0 Å². The monoisotopic (exact) mass is 271 g/mol. The van der Waals surface area contributed by atoms with E-state index < -0.39 is 0 Å². The summed E-state index contributed by atoms with van der Waals surface area (Å²) < 4.78 is 0. The fourth-order valence-corrected chi connectivity index (χ4v) is 2.32. The third kappa shape index (κ3) is 3.11. The number of rotatable bonds is 3. The van der Waals surface area contributed by atoms with E-state index in [0.29, 0.717) is 12.5 Å². The first-order valence-electron chi connectivity index (χ1n) is 5.87. The second-order valence-corrected chi connectivity index (χ2v) is 4.38. The Bertz CT molecular complexity index is 414. The van der Waals surface area contributed by atoms with Crippen LogP contribution in [0.4, 0.5) is 0 Å². The van der Waals surface area contributed by atoms with Gasteiger partial charge in [-0.25, -0.2) is 4.98 Å². The normalized spacial score (nSPS) is 22.3. The summed E-state index contributed by atoms with van der Waals surface area (Å²) in [7, 11) is 0. The average molecular weight is 272 g/mol. The van der Waals surface area contributed by atoms with E-state index >= 15 is 0 Å². The van der Waals surface area contributed by atoms with Crippen molar-refractivity contribution in [2.75, 3.05) is 6.54 Å². The Kier molecular flexibility index (Phi) is 5.37. The molecule has 0 radical (unpaired) electrons. The second kappa shape index (κ2) is 6.56. The molecule has 2 unspecified atom stereocenters. The summed E-state index contributed by atoms with van der Waals surface area (Å²) in [5.74, 6) is -0.0782. The number of amides is 1. The third-order valence-electron chi connectivity index (χ3n) is 3.28. The van der Waals surface area contributed by atoms with Crippen molar-refractivity contribution in [3.8, 4) is 5.75 Å². The van der Waals surface area contributed by atoms with Gasteiger partial charge in [0, 0.05) is 12.2 Å². The molecule has 18 heavy (non-hydrogen) atoms. The average Bonchev–Trinajstić information content (AvgIpc) is 2.76. The lowest BCUT2D eigenvalue weighted by Gasteiger charge is -2.19. The molecule has 6 heteroatoms. The van der Waals surface area contributed by atoms with Gasteiger partial charge in [-0.05, 0) is 37.4 Å². The van der Waals surface area contributed by atoms with Gasteiger partial charge in [-0.1, -0.05) is 6.42 Å². The molecule has 4 N–H and O–H groups in total. The lowest BCUT2D eigenvalue weighted by Crippen LogP contribution is -2.40. The highest BCUT2D eigenvalue weighted by atomic mass is 35.5. The van der Waals surface area contributed by atoms with Crippen LogP contribution in [-0.4, -0.2) is 28.6 Å². The molecular weight excluding hydrogens is 254 g/mol. The summed E-state index contributed by atoms with van der Waals surface area (Å²) in [5.41, 5.74) is 5.73. The Morgan fingerprint density at radius 2 is 2.33 bits per heavy atom. The van der Waals surface area contributed by atoms with Crippen LogP contribution in [0.3, 0.4) is 0 Å². The van der Waals surface area contributed by atoms with Crippen LogP contribution in [0.1, 0.15) is 29.8 Å². The number of aromatic nitrogens is 1. The number of carbonyl (C=O) groups is 1. The van der Waals surface area contributed by atoms with Gasteiger partial charge in [-0.2, -0.15) is 0 Å². The topological polar surface area (TPSA) is 88.2 Å². The molecule has 1 aliphatic carbocycles. The first kappa shape index (κ1) is 14.7. The molecule has 1 aromatic rings. The number of nitrogens with two attached hydrogens (primary N) is 1. The number of nitrogens with one attached hydrogen (secondary N) is 1. The molecule has 100 valence electrons. The number of nitrogens with zero attached hydrogens (tertiary/aromatic N) is 1. The maximum absolute atomic E-state index is 11.9. The number of hydrogen-bond donors (Lipinski definition) is 3. The number of carbonyl (C=O) groups excluding carboxylic acids is 1. The van der Waals surface area contributed by atoms with Crippen molar-refractivity contribution in [3.63, 3.8) is 0 Å². The summed E-state index contributed by atoms with van der Waals surface area (Å²) in [6, 6.07) is 3.15. The van der Waals surface area contributed by atoms with Gasteiger partial charge < -0.3 is 16.2 Å². The second-order valence-electron chi connectivity index (χ2n) is 4.38. The van der Waals surface area contributed by atoms with Crippen molar-refractivity contribution in [2.45, 2.75) is 25.3 Å². The van der Waals surface area contributed by atoms with Crippen molar-refractivity contribution in [2.24, 2.45) is 11.7 Å². The molecule has 1 fully saturated rings. The van der Waals surface area contributed by atoms with Gasteiger partial charge >= 0.3 is 0 Å². The lowest BCUT2D eigenvalue weighted by atomic mass is 10.0. The molecule has 2 atom stereocenters. The molecule has 1 saturated carbocycles. The molecule has 1 aromatic heterocycles. The fourth-order valence-electron chi connectivity index (χ4n) is 2.32. The first-order valence-corrected chi connectivity index (χ1v) is 5.87.